The van der Waals surface area contributed by atoms with E-state index in [1.807, 2.05) is 18.2 Å². The van der Waals surface area contributed by atoms with Crippen molar-refractivity contribution < 1.29 is 4.79 Å². The van der Waals surface area contributed by atoms with Crippen LogP contribution in [0.2, 0.25) is 0 Å². The molecule has 17 heavy (non-hydrogen) atoms. The van der Waals surface area contributed by atoms with Gasteiger partial charge in [-0.1, -0.05) is 12.1 Å². The van der Waals surface area contributed by atoms with E-state index in [0.29, 0.717) is 6.42 Å². The molecule has 1 aromatic carbocycles. The Balaban J connectivity index is 2.44. The summed E-state index contributed by atoms with van der Waals surface area (Å²) in [5, 5.41) is 2.98. The van der Waals surface area contributed by atoms with E-state index in [2.05, 4.69) is 37.1 Å². The molecular weight excluding hydrogens is 212 g/mol. The Kier molecular flexibility index (Phi) is 3.09. The Morgan fingerprint density at radius 1 is 1.24 bits per heavy atom. The zero-order valence-corrected chi connectivity index (χ0v) is 10.8. The third-order valence-electron chi connectivity index (χ3n) is 3.06. The fourth-order valence-corrected chi connectivity index (χ4v) is 2.24. The van der Waals surface area contributed by atoms with E-state index >= 15 is 0 Å². The van der Waals surface area contributed by atoms with Crippen molar-refractivity contribution in [1.82, 2.24) is 0 Å². The van der Waals surface area contributed by atoms with Gasteiger partial charge in [-0.3, -0.25) is 4.79 Å². The zero-order chi connectivity index (χ0) is 12.5. The highest BCUT2D eigenvalue weighted by Gasteiger charge is 2.25. The molecule has 0 atom stereocenters. The molecule has 1 amide bonds. The first-order chi connectivity index (χ1) is 7.98. The molecule has 0 saturated carbocycles. The lowest BCUT2D eigenvalue weighted by Gasteiger charge is -2.39. The molecule has 1 aliphatic heterocycles. The molecule has 0 radical (unpaired) electrons. The lowest BCUT2D eigenvalue weighted by molar-refractivity contribution is -0.116. The minimum atomic E-state index is 0.0676. The number of nitrogens with zero attached hydrogens (tertiary/aromatic N) is 1. The second-order valence-corrected chi connectivity index (χ2v) is 5.49. The van der Waals surface area contributed by atoms with E-state index in [0.717, 1.165) is 24.3 Å². The van der Waals surface area contributed by atoms with Gasteiger partial charge in [0.05, 0.1) is 11.4 Å². The topological polar surface area (TPSA) is 32.3 Å². The first-order valence-corrected chi connectivity index (χ1v) is 6.15. The van der Waals surface area contributed by atoms with E-state index in [9.17, 15) is 4.79 Å². The van der Waals surface area contributed by atoms with Gasteiger partial charge in [0, 0.05) is 18.5 Å². The fraction of sp³-hybridized carbons (Fsp3) is 0.500. The highest BCUT2D eigenvalue weighted by atomic mass is 16.1. The van der Waals surface area contributed by atoms with Crippen molar-refractivity contribution in [2.24, 2.45) is 0 Å². The summed E-state index contributed by atoms with van der Waals surface area (Å²) in [4.78, 5) is 14.0. The van der Waals surface area contributed by atoms with Crippen molar-refractivity contribution in [1.29, 1.82) is 0 Å². The van der Waals surface area contributed by atoms with Crippen LogP contribution in [0.15, 0.2) is 24.3 Å². The van der Waals surface area contributed by atoms with Crippen LogP contribution in [0.1, 0.15) is 33.6 Å². The number of benzene rings is 1. The lowest BCUT2D eigenvalue weighted by Crippen LogP contribution is -2.43. The first-order valence-electron chi connectivity index (χ1n) is 6.15. The Morgan fingerprint density at radius 2 is 1.94 bits per heavy atom. The van der Waals surface area contributed by atoms with Gasteiger partial charge in [0.2, 0.25) is 5.91 Å². The summed E-state index contributed by atoms with van der Waals surface area (Å²) in [6.45, 7) is 7.53. The minimum absolute atomic E-state index is 0.0676. The van der Waals surface area contributed by atoms with Crippen LogP contribution >= 0.6 is 0 Å². The summed E-state index contributed by atoms with van der Waals surface area (Å²) in [5.74, 6) is 0.117. The van der Waals surface area contributed by atoms with E-state index in [-0.39, 0.29) is 11.4 Å². The number of hydrogen-bond donors (Lipinski definition) is 1. The average molecular weight is 232 g/mol. The highest BCUT2D eigenvalue weighted by molar-refractivity contribution is 5.95. The quantitative estimate of drug-likeness (QED) is 0.745. The van der Waals surface area contributed by atoms with E-state index in [1.165, 1.54) is 0 Å². The molecule has 1 aromatic rings. The number of hydrogen-bond acceptors (Lipinski definition) is 2. The number of para-hydroxylation sites is 2. The van der Waals surface area contributed by atoms with Gasteiger partial charge >= 0.3 is 0 Å². The van der Waals surface area contributed by atoms with Crippen LogP contribution in [0.5, 0.6) is 0 Å². The third kappa shape index (κ3) is 2.60. The van der Waals surface area contributed by atoms with Crippen LogP contribution in [0.4, 0.5) is 11.4 Å². The van der Waals surface area contributed by atoms with Gasteiger partial charge in [-0.25, -0.2) is 0 Å². The SMILES string of the molecule is CC(C)(C)N1CCCC(=O)Nc2ccccc21. The second kappa shape index (κ2) is 4.40. The molecular formula is C14H20N2O. The van der Waals surface area contributed by atoms with Crippen LogP contribution in [-0.2, 0) is 4.79 Å². The predicted molar refractivity (Wildman–Crippen MR) is 71.4 cm³/mol. The number of carbonyl (C=O) groups excluding carboxylic acids is 1. The zero-order valence-electron chi connectivity index (χ0n) is 10.8. The monoisotopic (exact) mass is 232 g/mol. The fourth-order valence-electron chi connectivity index (χ4n) is 2.24. The summed E-state index contributed by atoms with van der Waals surface area (Å²) in [7, 11) is 0. The van der Waals surface area contributed by atoms with E-state index in [1.54, 1.807) is 0 Å². The number of rotatable bonds is 0. The maximum absolute atomic E-state index is 11.6. The van der Waals surface area contributed by atoms with Gasteiger partial charge in [0.1, 0.15) is 0 Å². The molecule has 1 aliphatic rings. The van der Waals surface area contributed by atoms with Gasteiger partial charge in [0.25, 0.3) is 0 Å². The van der Waals surface area contributed by atoms with Crippen LogP contribution in [-0.4, -0.2) is 18.0 Å². The summed E-state index contributed by atoms with van der Waals surface area (Å²) in [6, 6.07) is 8.02. The molecule has 3 nitrogen and oxygen atoms in total. The standard InChI is InChI=1S/C14H20N2O/c1-14(2,3)16-10-6-9-13(17)15-11-7-4-5-8-12(11)16/h4-5,7-8H,6,9-10H2,1-3H3,(H,15,17). The van der Waals surface area contributed by atoms with Crippen LogP contribution in [0.3, 0.4) is 0 Å². The lowest BCUT2D eigenvalue weighted by atomic mass is 10.0. The minimum Gasteiger partial charge on any atom is -0.365 e. The van der Waals surface area contributed by atoms with Crippen LogP contribution in [0, 0.1) is 0 Å². The predicted octanol–water partition coefficient (Wildman–Crippen LogP) is 3.02. The molecule has 2 rings (SSSR count). The maximum Gasteiger partial charge on any atom is 0.224 e. The molecule has 92 valence electrons. The molecule has 1 N–H and O–H groups in total. The Labute approximate surface area is 103 Å². The Bertz CT molecular complexity index is 420. The van der Waals surface area contributed by atoms with Crippen molar-refractivity contribution >= 4 is 17.3 Å². The van der Waals surface area contributed by atoms with Crippen molar-refractivity contribution in [2.75, 3.05) is 16.8 Å². The average Bonchev–Trinajstić information content (AvgIpc) is 2.21. The van der Waals surface area contributed by atoms with Crippen molar-refractivity contribution in [2.45, 2.75) is 39.2 Å². The molecule has 3 heteroatoms. The second-order valence-electron chi connectivity index (χ2n) is 5.49. The number of fused-ring (bicyclic) bond motifs is 1. The summed E-state index contributed by atoms with van der Waals surface area (Å²) in [5.41, 5.74) is 2.11. The summed E-state index contributed by atoms with van der Waals surface area (Å²) < 4.78 is 0. The van der Waals surface area contributed by atoms with Gasteiger partial charge in [-0.15, -0.1) is 0 Å². The van der Waals surface area contributed by atoms with Crippen molar-refractivity contribution in [3.05, 3.63) is 24.3 Å². The van der Waals surface area contributed by atoms with Gasteiger partial charge in [0.15, 0.2) is 0 Å². The highest BCUT2D eigenvalue weighted by Crippen LogP contribution is 2.32. The molecule has 0 aliphatic carbocycles. The summed E-state index contributed by atoms with van der Waals surface area (Å²) >= 11 is 0. The summed E-state index contributed by atoms with van der Waals surface area (Å²) in [6.07, 6.45) is 1.50. The smallest absolute Gasteiger partial charge is 0.224 e. The molecule has 0 aromatic heterocycles. The van der Waals surface area contributed by atoms with Gasteiger partial charge < -0.3 is 10.2 Å². The van der Waals surface area contributed by atoms with E-state index < -0.39 is 0 Å². The van der Waals surface area contributed by atoms with Crippen molar-refractivity contribution in [3.8, 4) is 0 Å². The van der Waals surface area contributed by atoms with E-state index in [4.69, 9.17) is 0 Å². The number of anilines is 2. The van der Waals surface area contributed by atoms with Gasteiger partial charge in [-0.2, -0.15) is 0 Å². The molecule has 0 saturated heterocycles. The molecule has 0 bridgehead atoms. The maximum atomic E-state index is 11.6. The Morgan fingerprint density at radius 3 is 2.65 bits per heavy atom. The van der Waals surface area contributed by atoms with Crippen molar-refractivity contribution in [3.63, 3.8) is 0 Å². The normalized spacial score (nSPS) is 16.9. The molecule has 0 spiro atoms. The number of amides is 1. The molecule has 1 heterocycles. The van der Waals surface area contributed by atoms with Gasteiger partial charge in [-0.05, 0) is 39.3 Å². The van der Waals surface area contributed by atoms with Crippen LogP contribution < -0.4 is 10.2 Å². The largest absolute Gasteiger partial charge is 0.365 e. The number of nitrogens with one attached hydrogen (secondary N) is 1. The number of carbonyl (C=O) groups is 1. The molecule has 0 unspecified atom stereocenters. The first kappa shape index (κ1) is 12.0. The molecule has 0 fully saturated rings. The third-order valence-corrected chi connectivity index (χ3v) is 3.06. The Hall–Kier alpha value is -1.51. The van der Waals surface area contributed by atoms with Crippen LogP contribution in [0.25, 0.3) is 0 Å².